The van der Waals surface area contributed by atoms with Gasteiger partial charge in [-0.3, -0.25) is 0 Å². The molecule has 0 aromatic carbocycles. The highest BCUT2D eigenvalue weighted by Gasteiger charge is 2.03. The van der Waals surface area contributed by atoms with E-state index in [0.29, 0.717) is 6.04 Å². The van der Waals surface area contributed by atoms with E-state index in [1.165, 1.54) is 4.88 Å². The van der Waals surface area contributed by atoms with E-state index in [1.54, 1.807) is 11.3 Å². The number of rotatable bonds is 5. The molecule has 0 amide bonds. The summed E-state index contributed by atoms with van der Waals surface area (Å²) in [5.74, 6) is 2.24. The highest BCUT2D eigenvalue weighted by atomic mass is 32.2. The molecule has 0 fully saturated rings. The van der Waals surface area contributed by atoms with E-state index in [2.05, 4.69) is 24.4 Å². The van der Waals surface area contributed by atoms with Gasteiger partial charge in [0.1, 0.15) is 0 Å². The first-order chi connectivity index (χ1) is 5.83. The second-order valence-corrected chi connectivity index (χ2v) is 5.05. The van der Waals surface area contributed by atoms with E-state index in [-0.39, 0.29) is 0 Å². The zero-order valence-corrected chi connectivity index (χ0v) is 8.96. The lowest BCUT2D eigenvalue weighted by atomic mass is 10.2. The van der Waals surface area contributed by atoms with Crippen molar-refractivity contribution in [1.82, 2.24) is 0 Å². The molecular formula is C9H15NS2. The molecule has 0 aliphatic heterocycles. The minimum absolute atomic E-state index is 0.327. The van der Waals surface area contributed by atoms with Crippen LogP contribution in [0.4, 0.5) is 0 Å². The van der Waals surface area contributed by atoms with Crippen LogP contribution in [0.2, 0.25) is 0 Å². The molecule has 1 unspecified atom stereocenters. The Labute approximate surface area is 82.4 Å². The van der Waals surface area contributed by atoms with Crippen molar-refractivity contribution in [3.63, 3.8) is 0 Å². The second-order valence-electron chi connectivity index (χ2n) is 2.70. The van der Waals surface area contributed by atoms with Crippen molar-refractivity contribution in [2.75, 3.05) is 11.5 Å². The second kappa shape index (κ2) is 5.62. The zero-order chi connectivity index (χ0) is 8.81. The number of hydrogen-bond acceptors (Lipinski definition) is 3. The van der Waals surface area contributed by atoms with E-state index >= 15 is 0 Å². The SMILES string of the molecule is CCSCC(N)Cc1cccs1. The Kier molecular flexibility index (Phi) is 4.73. The standard InChI is InChI=1S/C9H15NS2/c1-2-11-7-8(10)6-9-4-3-5-12-9/h3-5,8H,2,6-7,10H2,1H3. The summed E-state index contributed by atoms with van der Waals surface area (Å²) in [6, 6.07) is 4.56. The summed E-state index contributed by atoms with van der Waals surface area (Å²) in [7, 11) is 0. The minimum atomic E-state index is 0.327. The van der Waals surface area contributed by atoms with Gasteiger partial charge >= 0.3 is 0 Å². The molecule has 0 aliphatic carbocycles. The first kappa shape index (κ1) is 10.1. The smallest absolute Gasteiger partial charge is 0.0179 e. The third-order valence-electron chi connectivity index (χ3n) is 1.58. The normalized spacial score (nSPS) is 13.2. The molecular weight excluding hydrogens is 186 g/mol. The van der Waals surface area contributed by atoms with Crippen molar-refractivity contribution in [1.29, 1.82) is 0 Å². The Hall–Kier alpha value is 0.01000. The van der Waals surface area contributed by atoms with Crippen LogP contribution in [0.5, 0.6) is 0 Å². The fourth-order valence-corrected chi connectivity index (χ4v) is 2.47. The Morgan fingerprint density at radius 2 is 2.50 bits per heavy atom. The zero-order valence-electron chi connectivity index (χ0n) is 7.32. The molecule has 12 heavy (non-hydrogen) atoms. The van der Waals surface area contributed by atoms with Crippen molar-refractivity contribution in [3.8, 4) is 0 Å². The third-order valence-corrected chi connectivity index (χ3v) is 3.55. The number of nitrogens with two attached hydrogens (primary N) is 1. The van der Waals surface area contributed by atoms with E-state index in [1.807, 2.05) is 11.8 Å². The van der Waals surface area contributed by atoms with Crippen LogP contribution in [-0.2, 0) is 6.42 Å². The first-order valence-corrected chi connectivity index (χ1v) is 6.22. The van der Waals surface area contributed by atoms with Gasteiger partial charge in [0.2, 0.25) is 0 Å². The highest BCUT2D eigenvalue weighted by molar-refractivity contribution is 7.99. The molecule has 68 valence electrons. The van der Waals surface area contributed by atoms with Gasteiger partial charge < -0.3 is 5.73 Å². The Morgan fingerprint density at radius 3 is 3.08 bits per heavy atom. The van der Waals surface area contributed by atoms with Crippen LogP contribution in [0.3, 0.4) is 0 Å². The molecule has 1 aromatic heterocycles. The van der Waals surface area contributed by atoms with Gasteiger partial charge in [-0.2, -0.15) is 11.8 Å². The van der Waals surface area contributed by atoms with Gasteiger partial charge in [-0.05, 0) is 23.6 Å². The van der Waals surface area contributed by atoms with Crippen LogP contribution in [0.1, 0.15) is 11.8 Å². The summed E-state index contributed by atoms with van der Waals surface area (Å²) >= 11 is 3.71. The van der Waals surface area contributed by atoms with Crippen molar-refractivity contribution >= 4 is 23.1 Å². The summed E-state index contributed by atoms with van der Waals surface area (Å²) in [5.41, 5.74) is 5.94. The average molecular weight is 201 g/mol. The fourth-order valence-electron chi connectivity index (χ4n) is 1.02. The summed E-state index contributed by atoms with van der Waals surface area (Å²) in [6.07, 6.45) is 1.03. The van der Waals surface area contributed by atoms with Gasteiger partial charge in [-0.1, -0.05) is 13.0 Å². The van der Waals surface area contributed by atoms with Crippen molar-refractivity contribution < 1.29 is 0 Å². The summed E-state index contributed by atoms with van der Waals surface area (Å²) in [6.45, 7) is 2.17. The maximum absolute atomic E-state index is 5.94. The third kappa shape index (κ3) is 3.61. The largest absolute Gasteiger partial charge is 0.327 e. The molecule has 0 spiro atoms. The predicted octanol–water partition coefficient (Wildman–Crippen LogP) is 2.37. The van der Waals surface area contributed by atoms with E-state index in [0.717, 1.165) is 17.9 Å². The molecule has 1 heterocycles. The van der Waals surface area contributed by atoms with Crippen molar-refractivity contribution in [2.24, 2.45) is 5.73 Å². The molecule has 0 bridgehead atoms. The molecule has 1 rings (SSSR count). The van der Waals surface area contributed by atoms with Crippen LogP contribution in [0.25, 0.3) is 0 Å². The Balaban J connectivity index is 2.22. The molecule has 0 saturated carbocycles. The Bertz CT molecular complexity index is 196. The van der Waals surface area contributed by atoms with E-state index in [4.69, 9.17) is 5.73 Å². The lowest BCUT2D eigenvalue weighted by Gasteiger charge is -2.08. The van der Waals surface area contributed by atoms with Gasteiger partial charge in [-0.25, -0.2) is 0 Å². The lowest BCUT2D eigenvalue weighted by molar-refractivity contribution is 0.757. The number of thiophene rings is 1. The maximum atomic E-state index is 5.94. The van der Waals surface area contributed by atoms with Crippen LogP contribution in [0.15, 0.2) is 17.5 Å². The minimum Gasteiger partial charge on any atom is -0.327 e. The lowest BCUT2D eigenvalue weighted by Crippen LogP contribution is -2.25. The summed E-state index contributed by atoms with van der Waals surface area (Å²) < 4.78 is 0. The van der Waals surface area contributed by atoms with Gasteiger partial charge in [-0.15, -0.1) is 11.3 Å². The maximum Gasteiger partial charge on any atom is 0.0179 e. The number of thioether (sulfide) groups is 1. The molecule has 0 radical (unpaired) electrons. The molecule has 2 N–H and O–H groups in total. The predicted molar refractivity (Wildman–Crippen MR) is 59.0 cm³/mol. The van der Waals surface area contributed by atoms with Crippen molar-refractivity contribution in [2.45, 2.75) is 19.4 Å². The topological polar surface area (TPSA) is 26.0 Å². The molecule has 1 atom stereocenters. The van der Waals surface area contributed by atoms with Gasteiger partial charge in [0.15, 0.2) is 0 Å². The highest BCUT2D eigenvalue weighted by Crippen LogP contribution is 2.12. The van der Waals surface area contributed by atoms with Crippen LogP contribution in [0, 0.1) is 0 Å². The summed E-state index contributed by atoms with van der Waals surface area (Å²) in [5, 5.41) is 2.11. The molecule has 0 saturated heterocycles. The van der Waals surface area contributed by atoms with E-state index in [9.17, 15) is 0 Å². The van der Waals surface area contributed by atoms with E-state index < -0.39 is 0 Å². The average Bonchev–Trinajstić information content (AvgIpc) is 2.53. The fraction of sp³-hybridized carbons (Fsp3) is 0.556. The van der Waals surface area contributed by atoms with Crippen molar-refractivity contribution in [3.05, 3.63) is 22.4 Å². The monoisotopic (exact) mass is 201 g/mol. The molecule has 3 heteroatoms. The Morgan fingerprint density at radius 1 is 1.67 bits per heavy atom. The van der Waals surface area contributed by atoms with Gasteiger partial charge in [0, 0.05) is 16.7 Å². The molecule has 0 aliphatic rings. The van der Waals surface area contributed by atoms with Gasteiger partial charge in [0.25, 0.3) is 0 Å². The van der Waals surface area contributed by atoms with Gasteiger partial charge in [0.05, 0.1) is 0 Å². The number of hydrogen-bond donors (Lipinski definition) is 1. The van der Waals surface area contributed by atoms with Crippen LogP contribution >= 0.6 is 23.1 Å². The summed E-state index contributed by atoms with van der Waals surface area (Å²) in [4.78, 5) is 1.40. The molecule has 1 nitrogen and oxygen atoms in total. The quantitative estimate of drug-likeness (QED) is 0.791. The molecule has 1 aromatic rings. The van der Waals surface area contributed by atoms with Crippen LogP contribution in [-0.4, -0.2) is 17.5 Å². The first-order valence-electron chi connectivity index (χ1n) is 4.18. The van der Waals surface area contributed by atoms with Crippen LogP contribution < -0.4 is 5.73 Å².